The second kappa shape index (κ2) is 2.58. The lowest BCUT2D eigenvalue weighted by Gasteiger charge is -2.27. The summed E-state index contributed by atoms with van der Waals surface area (Å²) < 4.78 is 0. The largest absolute Gasteiger partial charge is 0.385 e. The van der Waals surface area contributed by atoms with E-state index in [-0.39, 0.29) is 5.92 Å². The molecule has 0 saturated heterocycles. The summed E-state index contributed by atoms with van der Waals surface area (Å²) in [4.78, 5) is 10.1. The highest BCUT2D eigenvalue weighted by Gasteiger charge is 2.26. The molecule has 0 aromatic heterocycles. The van der Waals surface area contributed by atoms with Crippen LogP contribution in [0, 0.1) is 10.8 Å². The van der Waals surface area contributed by atoms with Gasteiger partial charge in [0.05, 0.1) is 5.60 Å². The summed E-state index contributed by atoms with van der Waals surface area (Å²) in [6.45, 7) is 3.54. The molecule has 1 N–H and O–H groups in total. The normalized spacial score (nSPS) is 36.6. The van der Waals surface area contributed by atoms with Crippen molar-refractivity contribution in [1.82, 2.24) is 0 Å². The summed E-state index contributed by atoms with van der Waals surface area (Å²) in [6.07, 6.45) is 4.79. The van der Waals surface area contributed by atoms with E-state index in [1.165, 1.54) is 6.08 Å². The van der Waals surface area contributed by atoms with Crippen LogP contribution in [0.25, 0.3) is 0 Å². The Bertz CT molecular complexity index is 228. The van der Waals surface area contributed by atoms with Gasteiger partial charge in [-0.05, 0) is 24.3 Å². The van der Waals surface area contributed by atoms with Gasteiger partial charge in [-0.15, -0.1) is 4.91 Å². The Hall–Kier alpha value is -0.960. The number of nitroso groups, excluding NO2 is 1. The van der Waals surface area contributed by atoms with Crippen LogP contribution in [0.5, 0.6) is 0 Å². The van der Waals surface area contributed by atoms with Crippen LogP contribution < -0.4 is 0 Å². The number of nitrogens with zero attached hydrogens (tertiary/aromatic N) is 1. The van der Waals surface area contributed by atoms with Crippen LogP contribution in [-0.4, -0.2) is 10.7 Å². The monoisotopic (exact) mass is 153 g/mol. The van der Waals surface area contributed by atoms with Crippen LogP contribution >= 0.6 is 0 Å². The number of allylic oxidation sites excluding steroid dienone is 1. The quantitative estimate of drug-likeness (QED) is 0.581. The lowest BCUT2D eigenvalue weighted by molar-refractivity contribution is 0.0724. The van der Waals surface area contributed by atoms with Gasteiger partial charge in [-0.25, -0.2) is 0 Å². The van der Waals surface area contributed by atoms with Gasteiger partial charge in [-0.3, -0.25) is 0 Å². The fourth-order valence-electron chi connectivity index (χ4n) is 0.947. The zero-order valence-electron chi connectivity index (χ0n) is 6.61. The van der Waals surface area contributed by atoms with Gasteiger partial charge in [0.1, 0.15) is 5.70 Å². The van der Waals surface area contributed by atoms with Crippen molar-refractivity contribution in [2.75, 3.05) is 0 Å². The Morgan fingerprint density at radius 2 is 2.36 bits per heavy atom. The topological polar surface area (TPSA) is 49.7 Å². The number of aliphatic hydroxyl groups is 1. The maximum Gasteiger partial charge on any atom is 0.104 e. The molecule has 60 valence electrons. The highest BCUT2D eigenvalue weighted by Crippen LogP contribution is 2.26. The van der Waals surface area contributed by atoms with Gasteiger partial charge in [-0.2, -0.15) is 0 Å². The highest BCUT2D eigenvalue weighted by molar-refractivity contribution is 5.27. The van der Waals surface area contributed by atoms with Crippen molar-refractivity contribution in [1.29, 1.82) is 0 Å². The lowest BCUT2D eigenvalue weighted by Crippen LogP contribution is -2.30. The fourth-order valence-corrected chi connectivity index (χ4v) is 0.947. The highest BCUT2D eigenvalue weighted by atomic mass is 16.3. The summed E-state index contributed by atoms with van der Waals surface area (Å²) >= 11 is 0. The van der Waals surface area contributed by atoms with Gasteiger partial charge < -0.3 is 5.11 Å². The third-order valence-electron chi connectivity index (χ3n) is 2.04. The fraction of sp³-hybridized carbons (Fsp3) is 0.500. The zero-order chi connectivity index (χ0) is 8.48. The number of hydrogen-bond donors (Lipinski definition) is 1. The SMILES string of the molecule is CC1C=C(N=O)C=CC1(C)O. The minimum atomic E-state index is -0.839. The maximum atomic E-state index is 10.1. The van der Waals surface area contributed by atoms with E-state index in [0.717, 1.165) is 0 Å². The summed E-state index contributed by atoms with van der Waals surface area (Å²) in [5.74, 6) is -0.0554. The number of rotatable bonds is 1. The van der Waals surface area contributed by atoms with E-state index >= 15 is 0 Å². The molecule has 1 aliphatic rings. The van der Waals surface area contributed by atoms with E-state index in [4.69, 9.17) is 0 Å². The Morgan fingerprint density at radius 1 is 1.73 bits per heavy atom. The van der Waals surface area contributed by atoms with Crippen molar-refractivity contribution in [3.8, 4) is 0 Å². The average Bonchev–Trinajstić information content (AvgIpc) is 1.95. The minimum Gasteiger partial charge on any atom is -0.385 e. The molecule has 0 amide bonds. The smallest absolute Gasteiger partial charge is 0.104 e. The van der Waals surface area contributed by atoms with Gasteiger partial charge in [-0.1, -0.05) is 13.0 Å². The Morgan fingerprint density at radius 3 is 2.82 bits per heavy atom. The molecule has 0 aromatic rings. The van der Waals surface area contributed by atoms with Crippen molar-refractivity contribution in [2.45, 2.75) is 19.4 Å². The van der Waals surface area contributed by atoms with Crippen LogP contribution in [-0.2, 0) is 0 Å². The second-order valence-electron chi connectivity index (χ2n) is 3.03. The van der Waals surface area contributed by atoms with Crippen molar-refractivity contribution in [3.05, 3.63) is 28.8 Å². The molecule has 0 fully saturated rings. The molecular weight excluding hydrogens is 142 g/mol. The molecule has 0 aromatic carbocycles. The molecule has 3 heteroatoms. The first kappa shape index (κ1) is 8.14. The van der Waals surface area contributed by atoms with Crippen LogP contribution in [0.3, 0.4) is 0 Å². The van der Waals surface area contributed by atoms with E-state index in [0.29, 0.717) is 5.70 Å². The third-order valence-corrected chi connectivity index (χ3v) is 2.04. The molecule has 1 rings (SSSR count). The molecule has 0 bridgehead atoms. The van der Waals surface area contributed by atoms with Crippen molar-refractivity contribution < 1.29 is 5.11 Å². The second-order valence-corrected chi connectivity index (χ2v) is 3.03. The molecule has 1 aliphatic carbocycles. The van der Waals surface area contributed by atoms with Crippen LogP contribution in [0.2, 0.25) is 0 Å². The van der Waals surface area contributed by atoms with Crippen LogP contribution in [0.4, 0.5) is 0 Å². The van der Waals surface area contributed by atoms with Crippen molar-refractivity contribution in [3.63, 3.8) is 0 Å². The Labute approximate surface area is 65.4 Å². The molecular formula is C8H11NO2. The number of hydrogen-bond acceptors (Lipinski definition) is 3. The Balaban J connectivity index is 2.88. The third kappa shape index (κ3) is 1.54. The summed E-state index contributed by atoms with van der Waals surface area (Å²) in [7, 11) is 0. The van der Waals surface area contributed by atoms with E-state index < -0.39 is 5.60 Å². The molecule has 2 unspecified atom stereocenters. The maximum absolute atomic E-state index is 10.1. The lowest BCUT2D eigenvalue weighted by atomic mass is 9.86. The first-order chi connectivity index (χ1) is 5.06. The van der Waals surface area contributed by atoms with Gasteiger partial charge in [0.25, 0.3) is 0 Å². The van der Waals surface area contributed by atoms with Gasteiger partial charge in [0.15, 0.2) is 0 Å². The molecule has 0 spiro atoms. The van der Waals surface area contributed by atoms with Gasteiger partial charge >= 0.3 is 0 Å². The standard InChI is InChI=1S/C8H11NO2/c1-6-5-7(9-11)3-4-8(6,2)10/h3-6,10H,1-2H3. The zero-order valence-corrected chi connectivity index (χ0v) is 6.61. The molecule has 0 aliphatic heterocycles. The molecule has 2 atom stereocenters. The van der Waals surface area contributed by atoms with E-state index in [1.54, 1.807) is 19.1 Å². The molecule has 0 saturated carbocycles. The predicted octanol–water partition coefficient (Wildman–Crippen LogP) is 1.59. The molecule has 0 heterocycles. The van der Waals surface area contributed by atoms with E-state index in [9.17, 15) is 10.0 Å². The van der Waals surface area contributed by atoms with Gasteiger partial charge in [0.2, 0.25) is 0 Å². The average molecular weight is 153 g/mol. The molecule has 11 heavy (non-hydrogen) atoms. The Kier molecular flexibility index (Phi) is 1.91. The van der Waals surface area contributed by atoms with Gasteiger partial charge in [0, 0.05) is 5.92 Å². The summed E-state index contributed by atoms with van der Waals surface area (Å²) in [5.41, 5.74) is -0.446. The van der Waals surface area contributed by atoms with Crippen molar-refractivity contribution >= 4 is 0 Å². The van der Waals surface area contributed by atoms with Crippen LogP contribution in [0.1, 0.15) is 13.8 Å². The summed E-state index contributed by atoms with van der Waals surface area (Å²) in [6, 6.07) is 0. The van der Waals surface area contributed by atoms with Crippen molar-refractivity contribution in [2.24, 2.45) is 11.1 Å². The first-order valence-electron chi connectivity index (χ1n) is 3.53. The van der Waals surface area contributed by atoms with E-state index in [1.807, 2.05) is 6.92 Å². The van der Waals surface area contributed by atoms with Crippen LogP contribution in [0.15, 0.2) is 29.1 Å². The molecule has 3 nitrogen and oxygen atoms in total. The first-order valence-corrected chi connectivity index (χ1v) is 3.53. The predicted molar refractivity (Wildman–Crippen MR) is 42.8 cm³/mol. The van der Waals surface area contributed by atoms with E-state index in [2.05, 4.69) is 5.18 Å². The minimum absolute atomic E-state index is 0.0554. The summed E-state index contributed by atoms with van der Waals surface area (Å²) in [5, 5.41) is 12.4. The molecule has 0 radical (unpaired) electrons.